The lowest BCUT2D eigenvalue weighted by atomic mass is 9.96. The molecule has 2 aliphatic heterocycles. The molecule has 3 aromatic rings. The Balaban J connectivity index is 1.41. The zero-order valence-corrected chi connectivity index (χ0v) is 24.2. The maximum absolute atomic E-state index is 11.2. The Morgan fingerprint density at radius 3 is 1.61 bits per heavy atom. The summed E-state index contributed by atoms with van der Waals surface area (Å²) < 4.78 is 36.5. The van der Waals surface area contributed by atoms with Gasteiger partial charge in [0.15, 0.2) is 12.6 Å². The van der Waals surface area contributed by atoms with Crippen LogP contribution in [0.5, 0.6) is 0 Å². The van der Waals surface area contributed by atoms with Crippen molar-refractivity contribution >= 4 is 0 Å². The highest BCUT2D eigenvalue weighted by atomic mass is 16.7. The number of aliphatic hydroxyl groups is 5. The highest BCUT2D eigenvalue weighted by Crippen LogP contribution is 2.32. The molecule has 238 valence electrons. The molecule has 11 heteroatoms. The van der Waals surface area contributed by atoms with Crippen molar-refractivity contribution in [2.75, 3.05) is 13.2 Å². The van der Waals surface area contributed by atoms with Crippen LogP contribution in [0.4, 0.5) is 0 Å². The lowest BCUT2D eigenvalue weighted by Crippen LogP contribution is -2.65. The van der Waals surface area contributed by atoms with Crippen LogP contribution >= 0.6 is 0 Å². The highest BCUT2D eigenvalue weighted by molar-refractivity contribution is 5.15. The van der Waals surface area contributed by atoms with Gasteiger partial charge in [-0.3, -0.25) is 0 Å². The molecule has 5 N–H and O–H groups in total. The number of rotatable bonds is 13. The van der Waals surface area contributed by atoms with E-state index in [0.717, 1.165) is 16.7 Å². The highest BCUT2D eigenvalue weighted by Gasteiger charge is 2.52. The maximum Gasteiger partial charge on any atom is 0.187 e. The molecule has 0 saturated carbocycles. The van der Waals surface area contributed by atoms with Gasteiger partial charge in [-0.1, -0.05) is 91.0 Å². The van der Waals surface area contributed by atoms with E-state index in [1.165, 1.54) is 0 Å². The molecule has 0 bridgehead atoms. The van der Waals surface area contributed by atoms with Crippen LogP contribution in [0.25, 0.3) is 0 Å². The molecule has 11 nitrogen and oxygen atoms in total. The monoisotopic (exact) mass is 612 g/mol. The topological polar surface area (TPSA) is 157 Å². The van der Waals surface area contributed by atoms with Crippen molar-refractivity contribution in [1.29, 1.82) is 0 Å². The van der Waals surface area contributed by atoms with Crippen LogP contribution in [0.1, 0.15) is 16.7 Å². The van der Waals surface area contributed by atoms with Crippen molar-refractivity contribution < 1.29 is 54.0 Å². The van der Waals surface area contributed by atoms with Crippen LogP contribution in [-0.2, 0) is 48.2 Å². The quantitative estimate of drug-likeness (QED) is 0.190. The van der Waals surface area contributed by atoms with E-state index in [1.54, 1.807) is 0 Å². The third-order valence-electron chi connectivity index (χ3n) is 7.71. The molecule has 0 aromatic heterocycles. The first-order chi connectivity index (χ1) is 21.4. The van der Waals surface area contributed by atoms with Crippen molar-refractivity contribution in [1.82, 2.24) is 0 Å². The second kappa shape index (κ2) is 16.0. The van der Waals surface area contributed by atoms with Crippen LogP contribution in [-0.4, -0.2) is 100 Å². The largest absolute Gasteiger partial charge is 0.394 e. The summed E-state index contributed by atoms with van der Waals surface area (Å²) in [5, 5.41) is 52.5. The Morgan fingerprint density at radius 2 is 1.07 bits per heavy atom. The van der Waals surface area contributed by atoms with Gasteiger partial charge in [0.05, 0.1) is 33.0 Å². The molecule has 3 aromatic carbocycles. The van der Waals surface area contributed by atoms with Crippen molar-refractivity contribution in [3.8, 4) is 0 Å². The molecular formula is C33H40O11. The Bertz CT molecular complexity index is 1230. The Kier molecular flexibility index (Phi) is 11.8. The number of ether oxygens (including phenoxy) is 6. The summed E-state index contributed by atoms with van der Waals surface area (Å²) in [6, 6.07) is 28.4. The first kappa shape index (κ1) is 32.6. The minimum atomic E-state index is -1.68. The van der Waals surface area contributed by atoms with Crippen LogP contribution in [0.3, 0.4) is 0 Å². The van der Waals surface area contributed by atoms with Gasteiger partial charge in [0.25, 0.3) is 0 Å². The van der Waals surface area contributed by atoms with Gasteiger partial charge in [0.2, 0.25) is 0 Å². The lowest BCUT2D eigenvalue weighted by molar-refractivity contribution is -0.365. The van der Waals surface area contributed by atoms with Crippen LogP contribution < -0.4 is 0 Å². The fraction of sp³-hybridized carbons (Fsp3) is 0.455. The number of benzene rings is 3. The fourth-order valence-electron chi connectivity index (χ4n) is 5.30. The molecule has 0 amide bonds. The van der Waals surface area contributed by atoms with Crippen molar-refractivity contribution in [3.63, 3.8) is 0 Å². The van der Waals surface area contributed by atoms with E-state index < -0.39 is 68.0 Å². The SMILES string of the molecule is OC[C@H]1O[C@@H](O[C@@H]2[C@@H](OCc3ccccc3)[C@@H](O)O[C@H](COCc3ccccc3)[C@H]2OCc2ccccc2)[C@H](O)[C@@H](O)[C@@H]1O. The van der Waals surface area contributed by atoms with Crippen molar-refractivity contribution in [2.45, 2.75) is 81.2 Å². The van der Waals surface area contributed by atoms with E-state index in [-0.39, 0.29) is 26.4 Å². The van der Waals surface area contributed by atoms with E-state index in [1.807, 2.05) is 91.0 Å². The molecule has 2 heterocycles. The molecule has 0 radical (unpaired) electrons. The lowest BCUT2D eigenvalue weighted by Gasteiger charge is -2.47. The summed E-state index contributed by atoms with van der Waals surface area (Å²) in [6.45, 7) is -0.0695. The van der Waals surface area contributed by atoms with E-state index in [0.29, 0.717) is 0 Å². The first-order valence-corrected chi connectivity index (χ1v) is 14.7. The molecule has 2 fully saturated rings. The molecule has 44 heavy (non-hydrogen) atoms. The summed E-state index contributed by atoms with van der Waals surface area (Å²) in [5.74, 6) is 0. The summed E-state index contributed by atoms with van der Waals surface area (Å²) in [5.41, 5.74) is 2.65. The Morgan fingerprint density at radius 1 is 0.545 bits per heavy atom. The van der Waals surface area contributed by atoms with Gasteiger partial charge in [-0.25, -0.2) is 0 Å². The molecule has 5 rings (SSSR count). The molecular weight excluding hydrogens is 572 g/mol. The van der Waals surface area contributed by atoms with Crippen molar-refractivity contribution in [2.24, 2.45) is 0 Å². The second-order valence-electron chi connectivity index (χ2n) is 10.9. The van der Waals surface area contributed by atoms with E-state index >= 15 is 0 Å². The minimum absolute atomic E-state index is 0.0192. The van der Waals surface area contributed by atoms with Gasteiger partial charge in [-0.15, -0.1) is 0 Å². The zero-order chi connectivity index (χ0) is 30.9. The zero-order valence-electron chi connectivity index (χ0n) is 24.2. The third-order valence-corrected chi connectivity index (χ3v) is 7.71. The second-order valence-corrected chi connectivity index (χ2v) is 10.9. The average Bonchev–Trinajstić information content (AvgIpc) is 3.05. The van der Waals surface area contributed by atoms with Crippen molar-refractivity contribution in [3.05, 3.63) is 108 Å². The Hall–Kier alpha value is -2.78. The number of aliphatic hydroxyl groups excluding tert-OH is 5. The van der Waals surface area contributed by atoms with Gasteiger partial charge < -0.3 is 54.0 Å². The normalized spacial score (nSPS) is 32.4. The van der Waals surface area contributed by atoms with E-state index in [9.17, 15) is 25.5 Å². The van der Waals surface area contributed by atoms with E-state index in [2.05, 4.69) is 0 Å². The third kappa shape index (κ3) is 8.27. The predicted molar refractivity (Wildman–Crippen MR) is 156 cm³/mol. The van der Waals surface area contributed by atoms with Gasteiger partial charge in [-0.2, -0.15) is 0 Å². The first-order valence-electron chi connectivity index (χ1n) is 14.7. The molecule has 2 saturated heterocycles. The smallest absolute Gasteiger partial charge is 0.187 e. The van der Waals surface area contributed by atoms with Gasteiger partial charge in [0, 0.05) is 0 Å². The summed E-state index contributed by atoms with van der Waals surface area (Å²) in [7, 11) is 0. The maximum atomic E-state index is 11.2. The Labute approximate surface area is 256 Å². The predicted octanol–water partition coefficient (Wildman–Crippen LogP) is 1.28. The van der Waals surface area contributed by atoms with Gasteiger partial charge >= 0.3 is 0 Å². The molecule has 2 aliphatic rings. The molecule has 0 aliphatic carbocycles. The molecule has 0 unspecified atom stereocenters. The van der Waals surface area contributed by atoms with E-state index in [4.69, 9.17) is 28.4 Å². The minimum Gasteiger partial charge on any atom is -0.394 e. The molecule has 0 spiro atoms. The average molecular weight is 613 g/mol. The summed E-state index contributed by atoms with van der Waals surface area (Å²) in [6.07, 6.45) is -13.1. The summed E-state index contributed by atoms with van der Waals surface area (Å²) in [4.78, 5) is 0. The van der Waals surface area contributed by atoms with Crippen LogP contribution in [0.15, 0.2) is 91.0 Å². The standard InChI is InChI=1S/C33H40O11/c34-16-24-26(35)27(36)28(37)33(43-24)44-30-29(40-18-22-12-6-2-7-13-22)25(20-39-17-21-10-4-1-5-11-21)42-32(38)31(30)41-19-23-14-8-3-9-15-23/h1-15,24-38H,16-20H2/t24-,25-,26-,27+,28-,29-,30+,31-,32+,33+/m1/s1. The fourth-order valence-corrected chi connectivity index (χ4v) is 5.30. The summed E-state index contributed by atoms with van der Waals surface area (Å²) >= 11 is 0. The number of hydrogen-bond donors (Lipinski definition) is 5. The van der Waals surface area contributed by atoms with Crippen LogP contribution in [0, 0.1) is 0 Å². The number of hydrogen-bond acceptors (Lipinski definition) is 11. The molecule has 10 atom stereocenters. The van der Waals surface area contributed by atoms with Gasteiger partial charge in [0.1, 0.15) is 48.8 Å². The van der Waals surface area contributed by atoms with Gasteiger partial charge in [-0.05, 0) is 16.7 Å². The van der Waals surface area contributed by atoms with Crippen LogP contribution in [0.2, 0.25) is 0 Å².